The van der Waals surface area contributed by atoms with Crippen LogP contribution in [0.25, 0.3) is 0 Å². The number of ether oxygens (including phenoxy) is 2. The van der Waals surface area contributed by atoms with Crippen molar-refractivity contribution in [2.75, 3.05) is 26.1 Å². The summed E-state index contributed by atoms with van der Waals surface area (Å²) < 4.78 is 12.5. The number of hydrogen-bond donors (Lipinski definition) is 1. The zero-order valence-corrected chi connectivity index (χ0v) is 14.9. The summed E-state index contributed by atoms with van der Waals surface area (Å²) in [6, 6.07) is 7.29. The third-order valence-corrected chi connectivity index (χ3v) is 4.54. The van der Waals surface area contributed by atoms with Gasteiger partial charge in [0.05, 0.1) is 26.0 Å². The van der Waals surface area contributed by atoms with Crippen molar-refractivity contribution in [2.45, 2.75) is 32.4 Å². The van der Waals surface area contributed by atoms with Gasteiger partial charge in [-0.2, -0.15) is 5.10 Å². The lowest BCUT2D eigenvalue weighted by Gasteiger charge is -2.25. The number of nitrogens with zero attached hydrogens (tertiary/aromatic N) is 3. The van der Waals surface area contributed by atoms with Crippen LogP contribution < -0.4 is 14.8 Å². The molecule has 1 saturated heterocycles. The van der Waals surface area contributed by atoms with Crippen molar-refractivity contribution in [2.24, 2.45) is 0 Å². The van der Waals surface area contributed by atoms with E-state index in [0.717, 1.165) is 31.6 Å². The molecule has 1 unspecified atom stereocenters. The van der Waals surface area contributed by atoms with Gasteiger partial charge in [0.1, 0.15) is 0 Å². The predicted octanol–water partition coefficient (Wildman–Crippen LogP) is 3.29. The van der Waals surface area contributed by atoms with Crippen LogP contribution in [0.15, 0.2) is 30.5 Å². The van der Waals surface area contributed by atoms with E-state index in [1.54, 1.807) is 38.6 Å². The number of hydrogen-bond acceptors (Lipinski definition) is 4. The second kappa shape index (κ2) is 7.46. The van der Waals surface area contributed by atoms with Gasteiger partial charge in [0.25, 0.3) is 0 Å². The van der Waals surface area contributed by atoms with Crippen molar-refractivity contribution in [1.29, 1.82) is 0 Å². The Kier molecular flexibility index (Phi) is 5.11. The number of rotatable bonds is 5. The van der Waals surface area contributed by atoms with E-state index in [1.165, 1.54) is 0 Å². The molecule has 1 aromatic heterocycles. The van der Waals surface area contributed by atoms with E-state index in [-0.39, 0.29) is 12.1 Å². The lowest BCUT2D eigenvalue weighted by molar-refractivity contribution is 0.204. The number of methoxy groups -OCH3 is 2. The largest absolute Gasteiger partial charge is 0.493 e. The van der Waals surface area contributed by atoms with E-state index in [2.05, 4.69) is 17.3 Å². The van der Waals surface area contributed by atoms with Crippen molar-refractivity contribution in [3.8, 4) is 11.5 Å². The smallest absolute Gasteiger partial charge is 0.322 e. The number of carbonyl (C=O) groups excluding carboxylic acids is 1. The minimum absolute atomic E-state index is 0.0580. The summed E-state index contributed by atoms with van der Waals surface area (Å²) in [7, 11) is 3.16. The van der Waals surface area contributed by atoms with Crippen LogP contribution in [0.3, 0.4) is 0 Å². The summed E-state index contributed by atoms with van der Waals surface area (Å²) in [6.45, 7) is 3.59. The average molecular weight is 344 g/mol. The van der Waals surface area contributed by atoms with Gasteiger partial charge in [-0.3, -0.25) is 4.68 Å². The second-order valence-electron chi connectivity index (χ2n) is 5.92. The maximum absolute atomic E-state index is 12.8. The van der Waals surface area contributed by atoms with Gasteiger partial charge in [-0.15, -0.1) is 0 Å². The zero-order valence-electron chi connectivity index (χ0n) is 14.9. The molecule has 25 heavy (non-hydrogen) atoms. The standard InChI is InChI=1S/C18H24N4O3/c1-4-22-15(9-10-19-22)14-6-5-11-21(14)18(23)20-13-7-8-16(24-2)17(12-13)25-3/h7-10,12,14H,4-6,11H2,1-3H3,(H,20,23). The fourth-order valence-electron chi connectivity index (χ4n) is 3.32. The summed E-state index contributed by atoms with van der Waals surface area (Å²) in [5.74, 6) is 1.22. The topological polar surface area (TPSA) is 68.6 Å². The first-order valence-electron chi connectivity index (χ1n) is 8.49. The molecule has 1 aliphatic heterocycles. The van der Waals surface area contributed by atoms with E-state index < -0.39 is 0 Å². The molecule has 0 spiro atoms. The number of likely N-dealkylation sites (tertiary alicyclic amines) is 1. The Bertz CT molecular complexity index is 744. The van der Waals surface area contributed by atoms with Gasteiger partial charge in [-0.25, -0.2) is 4.79 Å². The Hall–Kier alpha value is -2.70. The number of aromatic nitrogens is 2. The van der Waals surface area contributed by atoms with Gasteiger partial charge in [0.15, 0.2) is 11.5 Å². The Morgan fingerprint density at radius 2 is 2.08 bits per heavy atom. The molecule has 2 amide bonds. The summed E-state index contributed by atoms with van der Waals surface area (Å²) in [5, 5.41) is 7.29. The number of aryl methyl sites for hydroxylation is 1. The predicted molar refractivity (Wildman–Crippen MR) is 95.1 cm³/mol. The van der Waals surface area contributed by atoms with E-state index in [0.29, 0.717) is 17.2 Å². The van der Waals surface area contributed by atoms with Gasteiger partial charge in [-0.1, -0.05) is 0 Å². The van der Waals surface area contributed by atoms with Crippen LogP contribution in [0.2, 0.25) is 0 Å². The van der Waals surface area contributed by atoms with Crippen molar-refractivity contribution < 1.29 is 14.3 Å². The molecule has 2 heterocycles. The second-order valence-corrected chi connectivity index (χ2v) is 5.92. The number of amides is 2. The van der Waals surface area contributed by atoms with Gasteiger partial charge >= 0.3 is 6.03 Å². The number of nitrogens with one attached hydrogen (secondary N) is 1. The first-order valence-corrected chi connectivity index (χ1v) is 8.49. The van der Waals surface area contributed by atoms with E-state index in [1.807, 2.05) is 15.6 Å². The van der Waals surface area contributed by atoms with Crippen molar-refractivity contribution in [3.05, 3.63) is 36.2 Å². The molecule has 7 nitrogen and oxygen atoms in total. The van der Waals surface area contributed by atoms with E-state index >= 15 is 0 Å². The monoisotopic (exact) mass is 344 g/mol. The normalized spacial score (nSPS) is 16.8. The molecule has 1 aliphatic rings. The van der Waals surface area contributed by atoms with Gasteiger partial charge < -0.3 is 19.7 Å². The third-order valence-electron chi connectivity index (χ3n) is 4.54. The molecule has 0 aliphatic carbocycles. The summed E-state index contributed by atoms with van der Waals surface area (Å²) in [5.41, 5.74) is 1.76. The fraction of sp³-hybridized carbons (Fsp3) is 0.444. The lowest BCUT2D eigenvalue weighted by atomic mass is 10.1. The minimum Gasteiger partial charge on any atom is -0.493 e. The van der Waals surface area contributed by atoms with Crippen LogP contribution >= 0.6 is 0 Å². The maximum atomic E-state index is 12.8. The van der Waals surface area contributed by atoms with Gasteiger partial charge in [0, 0.05) is 31.0 Å². The highest BCUT2D eigenvalue weighted by atomic mass is 16.5. The first-order chi connectivity index (χ1) is 12.2. The molecule has 0 bridgehead atoms. The van der Waals surface area contributed by atoms with Crippen LogP contribution in [-0.4, -0.2) is 41.5 Å². The molecular weight excluding hydrogens is 320 g/mol. The van der Waals surface area contributed by atoms with Crippen LogP contribution in [0.5, 0.6) is 11.5 Å². The number of benzene rings is 1. The summed E-state index contributed by atoms with van der Waals surface area (Å²) >= 11 is 0. The fourth-order valence-corrected chi connectivity index (χ4v) is 3.32. The highest BCUT2D eigenvalue weighted by molar-refractivity contribution is 5.90. The van der Waals surface area contributed by atoms with E-state index in [9.17, 15) is 4.79 Å². The number of carbonyl (C=O) groups is 1. The Balaban J connectivity index is 1.76. The van der Waals surface area contributed by atoms with Gasteiger partial charge in [-0.05, 0) is 38.0 Å². The Morgan fingerprint density at radius 3 is 2.80 bits per heavy atom. The number of urea groups is 1. The van der Waals surface area contributed by atoms with E-state index in [4.69, 9.17) is 9.47 Å². The van der Waals surface area contributed by atoms with Crippen LogP contribution in [0.1, 0.15) is 31.5 Å². The summed E-state index contributed by atoms with van der Waals surface area (Å²) in [4.78, 5) is 14.7. The van der Waals surface area contributed by atoms with Crippen LogP contribution in [-0.2, 0) is 6.54 Å². The van der Waals surface area contributed by atoms with Crippen LogP contribution in [0, 0.1) is 0 Å². The van der Waals surface area contributed by atoms with Crippen molar-refractivity contribution in [1.82, 2.24) is 14.7 Å². The highest BCUT2D eigenvalue weighted by Crippen LogP contribution is 2.33. The molecule has 0 radical (unpaired) electrons. The molecule has 1 atom stereocenters. The molecule has 134 valence electrons. The highest BCUT2D eigenvalue weighted by Gasteiger charge is 2.32. The molecule has 2 aromatic rings. The third kappa shape index (κ3) is 3.40. The summed E-state index contributed by atoms with van der Waals surface area (Å²) in [6.07, 6.45) is 3.73. The quantitative estimate of drug-likeness (QED) is 0.904. The van der Waals surface area contributed by atoms with Crippen molar-refractivity contribution >= 4 is 11.7 Å². The molecule has 0 saturated carbocycles. The number of anilines is 1. The van der Waals surface area contributed by atoms with Crippen molar-refractivity contribution in [3.63, 3.8) is 0 Å². The Labute approximate surface area is 147 Å². The minimum atomic E-state index is -0.112. The molecule has 1 aromatic carbocycles. The first kappa shape index (κ1) is 17.1. The lowest BCUT2D eigenvalue weighted by Crippen LogP contribution is -2.35. The zero-order chi connectivity index (χ0) is 17.8. The molecular formula is C18H24N4O3. The molecule has 1 fully saturated rings. The molecule has 7 heteroatoms. The van der Waals surface area contributed by atoms with Gasteiger partial charge in [0.2, 0.25) is 0 Å². The Morgan fingerprint density at radius 1 is 1.28 bits per heavy atom. The van der Waals surface area contributed by atoms with Crippen LogP contribution in [0.4, 0.5) is 10.5 Å². The average Bonchev–Trinajstić information content (AvgIpc) is 3.29. The molecule has 3 rings (SSSR count). The maximum Gasteiger partial charge on any atom is 0.322 e. The SMILES string of the molecule is CCn1nccc1C1CCCN1C(=O)Nc1ccc(OC)c(OC)c1. The molecule has 1 N–H and O–H groups in total.